The number of oxazole rings is 1. The van der Waals surface area contributed by atoms with Crippen LogP contribution in [-0.4, -0.2) is 52.2 Å². The number of aromatic nitrogens is 1. The highest BCUT2D eigenvalue weighted by Gasteiger charge is 2.32. The monoisotopic (exact) mass is 362 g/mol. The number of nitro groups is 1. The van der Waals surface area contributed by atoms with Crippen LogP contribution in [-0.2, 0) is 4.74 Å². The van der Waals surface area contributed by atoms with E-state index in [2.05, 4.69) is 4.98 Å². The SMILES string of the molecule is CC1CN(c2nc3cc([N+](=O)[O-])ccc3o2)CCN1C(=O)OC(C)(C)C. The Kier molecular flexibility index (Phi) is 4.47. The molecule has 0 saturated carbocycles. The van der Waals surface area contributed by atoms with Gasteiger partial charge in [-0.15, -0.1) is 0 Å². The second kappa shape index (κ2) is 6.47. The van der Waals surface area contributed by atoms with Gasteiger partial charge in [0.05, 0.1) is 4.92 Å². The zero-order valence-electron chi connectivity index (χ0n) is 15.3. The van der Waals surface area contributed by atoms with E-state index >= 15 is 0 Å². The second-order valence-electron chi connectivity index (χ2n) is 7.37. The molecule has 0 spiro atoms. The van der Waals surface area contributed by atoms with Crippen LogP contribution in [0.4, 0.5) is 16.5 Å². The number of benzene rings is 1. The maximum atomic E-state index is 12.3. The fourth-order valence-electron chi connectivity index (χ4n) is 2.88. The Morgan fingerprint density at radius 3 is 2.73 bits per heavy atom. The van der Waals surface area contributed by atoms with Gasteiger partial charge in [-0.25, -0.2) is 4.79 Å². The van der Waals surface area contributed by atoms with Crippen LogP contribution in [0, 0.1) is 10.1 Å². The molecule has 1 aliphatic rings. The van der Waals surface area contributed by atoms with Crippen LogP contribution in [0.15, 0.2) is 22.6 Å². The van der Waals surface area contributed by atoms with Gasteiger partial charge < -0.3 is 19.0 Å². The summed E-state index contributed by atoms with van der Waals surface area (Å²) in [7, 11) is 0. The van der Waals surface area contributed by atoms with Crippen LogP contribution >= 0.6 is 0 Å². The zero-order chi connectivity index (χ0) is 19.1. The van der Waals surface area contributed by atoms with Crippen molar-refractivity contribution in [1.82, 2.24) is 9.88 Å². The van der Waals surface area contributed by atoms with Crippen LogP contribution in [0.5, 0.6) is 0 Å². The fourth-order valence-corrected chi connectivity index (χ4v) is 2.88. The zero-order valence-corrected chi connectivity index (χ0v) is 15.3. The summed E-state index contributed by atoms with van der Waals surface area (Å²) in [6.45, 7) is 9.00. The Hall–Kier alpha value is -2.84. The molecule has 1 atom stereocenters. The molecular weight excluding hydrogens is 340 g/mol. The Balaban J connectivity index is 1.73. The van der Waals surface area contributed by atoms with E-state index in [9.17, 15) is 14.9 Å². The van der Waals surface area contributed by atoms with Gasteiger partial charge >= 0.3 is 6.09 Å². The number of ether oxygens (including phenoxy) is 1. The van der Waals surface area contributed by atoms with Gasteiger partial charge in [0.2, 0.25) is 0 Å². The number of nitrogens with zero attached hydrogens (tertiary/aromatic N) is 4. The molecule has 1 aromatic heterocycles. The lowest BCUT2D eigenvalue weighted by atomic mass is 10.2. The number of fused-ring (bicyclic) bond motifs is 1. The van der Waals surface area contributed by atoms with Crippen LogP contribution in [0.2, 0.25) is 0 Å². The summed E-state index contributed by atoms with van der Waals surface area (Å²) in [5.74, 6) is 0. The minimum atomic E-state index is -0.539. The topological polar surface area (TPSA) is 102 Å². The number of non-ortho nitro benzene ring substituents is 1. The van der Waals surface area contributed by atoms with Crippen LogP contribution in [0.25, 0.3) is 11.1 Å². The van der Waals surface area contributed by atoms with Crippen LogP contribution in [0.1, 0.15) is 27.7 Å². The number of hydrogen-bond acceptors (Lipinski definition) is 7. The first-order chi connectivity index (χ1) is 12.1. The lowest BCUT2D eigenvalue weighted by Gasteiger charge is -2.39. The molecule has 2 heterocycles. The summed E-state index contributed by atoms with van der Waals surface area (Å²) in [6, 6.07) is 4.65. The van der Waals surface area contributed by atoms with Crippen LogP contribution < -0.4 is 4.90 Å². The number of rotatable bonds is 2. The minimum Gasteiger partial charge on any atom is -0.444 e. The van der Waals surface area contributed by atoms with E-state index in [1.165, 1.54) is 12.1 Å². The highest BCUT2D eigenvalue weighted by Crippen LogP contribution is 2.27. The first-order valence-electron chi connectivity index (χ1n) is 8.43. The average molecular weight is 362 g/mol. The highest BCUT2D eigenvalue weighted by atomic mass is 16.6. The summed E-state index contributed by atoms with van der Waals surface area (Å²) >= 11 is 0. The fraction of sp³-hybridized carbons (Fsp3) is 0.529. The Bertz CT molecular complexity index is 841. The molecule has 1 aliphatic heterocycles. The number of piperazine rings is 1. The van der Waals surface area contributed by atoms with E-state index in [0.717, 1.165) is 0 Å². The third kappa shape index (κ3) is 3.71. The number of anilines is 1. The number of hydrogen-bond donors (Lipinski definition) is 0. The van der Waals surface area contributed by atoms with E-state index in [1.807, 2.05) is 32.6 Å². The van der Waals surface area contributed by atoms with Crippen molar-refractivity contribution in [2.45, 2.75) is 39.3 Å². The molecule has 2 aromatic rings. The van der Waals surface area contributed by atoms with Gasteiger partial charge in [0, 0.05) is 37.8 Å². The molecule has 140 valence electrons. The molecule has 1 saturated heterocycles. The van der Waals surface area contributed by atoms with Crippen molar-refractivity contribution in [2.75, 3.05) is 24.5 Å². The highest BCUT2D eigenvalue weighted by molar-refractivity contribution is 5.77. The molecule has 1 fully saturated rings. The molecule has 0 bridgehead atoms. The number of carbonyl (C=O) groups excluding carboxylic acids is 1. The summed E-state index contributed by atoms with van der Waals surface area (Å²) < 4.78 is 11.2. The molecule has 1 aromatic carbocycles. The summed E-state index contributed by atoms with van der Waals surface area (Å²) in [4.78, 5) is 30.7. The summed E-state index contributed by atoms with van der Waals surface area (Å²) in [6.07, 6.45) is -0.335. The smallest absolute Gasteiger partial charge is 0.410 e. The molecule has 9 nitrogen and oxygen atoms in total. The van der Waals surface area contributed by atoms with Gasteiger partial charge in [-0.2, -0.15) is 4.98 Å². The molecule has 3 rings (SSSR count). The number of amides is 1. The van der Waals surface area contributed by atoms with Crippen molar-refractivity contribution in [3.63, 3.8) is 0 Å². The molecule has 0 radical (unpaired) electrons. The lowest BCUT2D eigenvalue weighted by molar-refractivity contribution is -0.384. The van der Waals surface area contributed by atoms with E-state index in [1.54, 1.807) is 11.0 Å². The molecule has 1 amide bonds. The minimum absolute atomic E-state index is 0.0273. The van der Waals surface area contributed by atoms with E-state index in [4.69, 9.17) is 9.15 Å². The van der Waals surface area contributed by atoms with Gasteiger partial charge in [-0.05, 0) is 33.8 Å². The van der Waals surface area contributed by atoms with Gasteiger partial charge in [-0.1, -0.05) is 0 Å². The molecule has 9 heteroatoms. The first-order valence-corrected chi connectivity index (χ1v) is 8.43. The normalized spacial score (nSPS) is 18.2. The molecule has 0 N–H and O–H groups in total. The Morgan fingerprint density at radius 2 is 2.12 bits per heavy atom. The predicted molar refractivity (Wildman–Crippen MR) is 95.3 cm³/mol. The maximum absolute atomic E-state index is 12.3. The molecule has 26 heavy (non-hydrogen) atoms. The quantitative estimate of drug-likeness (QED) is 0.597. The van der Waals surface area contributed by atoms with E-state index in [-0.39, 0.29) is 17.8 Å². The second-order valence-corrected chi connectivity index (χ2v) is 7.37. The van der Waals surface area contributed by atoms with Crippen molar-refractivity contribution in [3.8, 4) is 0 Å². The van der Waals surface area contributed by atoms with Gasteiger partial charge in [0.25, 0.3) is 11.7 Å². The van der Waals surface area contributed by atoms with Gasteiger partial charge in [0.15, 0.2) is 5.58 Å². The van der Waals surface area contributed by atoms with Crippen molar-refractivity contribution in [2.24, 2.45) is 0 Å². The number of nitro benzene ring substituents is 1. The van der Waals surface area contributed by atoms with Crippen molar-refractivity contribution >= 4 is 28.9 Å². The largest absolute Gasteiger partial charge is 0.444 e. The average Bonchev–Trinajstić information content (AvgIpc) is 2.95. The molecule has 1 unspecified atom stereocenters. The number of carbonyl (C=O) groups is 1. The maximum Gasteiger partial charge on any atom is 0.410 e. The van der Waals surface area contributed by atoms with Gasteiger partial charge in [0.1, 0.15) is 11.1 Å². The van der Waals surface area contributed by atoms with Crippen molar-refractivity contribution < 1.29 is 18.9 Å². The van der Waals surface area contributed by atoms with Crippen molar-refractivity contribution in [3.05, 3.63) is 28.3 Å². The van der Waals surface area contributed by atoms with E-state index in [0.29, 0.717) is 36.7 Å². The third-order valence-corrected chi connectivity index (χ3v) is 4.10. The van der Waals surface area contributed by atoms with E-state index < -0.39 is 10.5 Å². The molecule has 0 aliphatic carbocycles. The Labute approximate surface area is 150 Å². The standard InChI is InChI=1S/C17H22N4O5/c1-11-10-19(7-8-20(11)16(22)26-17(2,3)4)15-18-13-9-12(21(23)24)5-6-14(13)25-15/h5-6,9,11H,7-8,10H2,1-4H3. The molecular formula is C17H22N4O5. The predicted octanol–water partition coefficient (Wildman–Crippen LogP) is 3.18. The summed E-state index contributed by atoms with van der Waals surface area (Å²) in [5, 5.41) is 10.9. The lowest BCUT2D eigenvalue weighted by Crippen LogP contribution is -2.55. The first kappa shape index (κ1) is 18.0. The summed E-state index contributed by atoms with van der Waals surface area (Å²) in [5.41, 5.74) is 0.368. The van der Waals surface area contributed by atoms with Gasteiger partial charge in [-0.3, -0.25) is 10.1 Å². The Morgan fingerprint density at radius 1 is 1.38 bits per heavy atom. The van der Waals surface area contributed by atoms with Crippen molar-refractivity contribution in [1.29, 1.82) is 0 Å². The van der Waals surface area contributed by atoms with Crippen LogP contribution in [0.3, 0.4) is 0 Å². The third-order valence-electron chi connectivity index (χ3n) is 4.10.